The number of aromatic hydroxyl groups is 1. The summed E-state index contributed by atoms with van der Waals surface area (Å²) in [5.74, 6) is -11.3. The van der Waals surface area contributed by atoms with Crippen LogP contribution in [0.3, 0.4) is 0 Å². The van der Waals surface area contributed by atoms with Gasteiger partial charge in [-0.3, -0.25) is 57.7 Å². The molecule has 0 bridgehead atoms. The first-order chi connectivity index (χ1) is 35.6. The maximum absolute atomic E-state index is 14.6. The van der Waals surface area contributed by atoms with Gasteiger partial charge in [-0.25, -0.2) is 4.21 Å². The summed E-state index contributed by atoms with van der Waals surface area (Å²) in [5.41, 5.74) is 28.0. The highest BCUT2D eigenvalue weighted by Crippen LogP contribution is 2.22. The number of nitrogens with zero attached hydrogens (tertiary/aromatic N) is 2. The van der Waals surface area contributed by atoms with Gasteiger partial charge in [-0.05, 0) is 55.4 Å². The summed E-state index contributed by atoms with van der Waals surface area (Å²) in [6.45, 7) is -0.524. The van der Waals surface area contributed by atoms with Gasteiger partial charge in [-0.15, -0.1) is 0 Å². The molecular formula is C46H64N14O13S2. The lowest BCUT2D eigenvalue weighted by Gasteiger charge is -2.30. The summed E-state index contributed by atoms with van der Waals surface area (Å²) in [6, 6.07) is 3.68. The first-order valence-electron chi connectivity index (χ1n) is 23.7. The highest BCUT2D eigenvalue weighted by Gasteiger charge is 2.41. The summed E-state index contributed by atoms with van der Waals surface area (Å²) in [6.07, 6.45) is -2.02. The van der Waals surface area contributed by atoms with Gasteiger partial charge in [0.1, 0.15) is 48.0 Å². The van der Waals surface area contributed by atoms with E-state index in [0.717, 1.165) is 4.90 Å². The van der Waals surface area contributed by atoms with Gasteiger partial charge in [-0.2, -0.15) is 0 Å². The predicted molar refractivity (Wildman–Crippen MR) is 273 cm³/mol. The smallest absolute Gasteiger partial charge is 0.246 e. The molecule has 0 saturated carbocycles. The van der Waals surface area contributed by atoms with Crippen LogP contribution in [0.1, 0.15) is 62.5 Å². The van der Waals surface area contributed by atoms with Gasteiger partial charge in [-0.1, -0.05) is 53.3 Å². The summed E-state index contributed by atoms with van der Waals surface area (Å²) in [5, 5.41) is 27.4. The van der Waals surface area contributed by atoms with Gasteiger partial charge in [0.05, 0.1) is 22.8 Å². The third kappa shape index (κ3) is 20.5. The van der Waals surface area contributed by atoms with Crippen LogP contribution in [0.2, 0.25) is 0 Å². The number of rotatable bonds is 19. The van der Waals surface area contributed by atoms with Crippen molar-refractivity contribution in [3.8, 4) is 5.75 Å². The van der Waals surface area contributed by atoms with Gasteiger partial charge in [0.2, 0.25) is 65.0 Å². The molecule has 75 heavy (non-hydrogen) atoms. The molecule has 2 saturated heterocycles. The number of benzene rings is 2. The third-order valence-electron chi connectivity index (χ3n) is 11.6. The van der Waals surface area contributed by atoms with Crippen molar-refractivity contribution in [3.63, 3.8) is 0 Å². The molecule has 2 heterocycles. The number of nitrogens with one attached hydrogen (secondary N) is 7. The molecule has 18 N–H and O–H groups in total. The minimum atomic E-state index is -1.98. The van der Waals surface area contributed by atoms with Crippen molar-refractivity contribution < 1.29 is 62.1 Å². The first kappa shape index (κ1) is 59.7. The van der Waals surface area contributed by atoms with Crippen molar-refractivity contribution in [2.24, 2.45) is 33.7 Å². The highest BCUT2D eigenvalue weighted by molar-refractivity contribution is 8.69. The zero-order valence-corrected chi connectivity index (χ0v) is 42.4. The van der Waals surface area contributed by atoms with Crippen LogP contribution in [0.5, 0.6) is 5.75 Å². The molecule has 2 aromatic rings. The van der Waals surface area contributed by atoms with E-state index in [2.05, 4.69) is 42.2 Å². The van der Waals surface area contributed by atoms with Crippen molar-refractivity contribution in [1.29, 1.82) is 0 Å². The lowest BCUT2D eigenvalue weighted by molar-refractivity contribution is -0.142. The van der Waals surface area contributed by atoms with E-state index in [4.69, 9.17) is 28.7 Å². The molecule has 29 heteroatoms. The first-order valence-corrected chi connectivity index (χ1v) is 26.5. The van der Waals surface area contributed by atoms with Crippen molar-refractivity contribution in [2.75, 3.05) is 31.1 Å². The van der Waals surface area contributed by atoms with Crippen molar-refractivity contribution in [1.82, 2.24) is 42.1 Å². The van der Waals surface area contributed by atoms with Crippen LogP contribution in [-0.4, -0.2) is 159 Å². The largest absolute Gasteiger partial charge is 0.508 e. The molecule has 0 aliphatic carbocycles. The standard InChI is InChI=1S/C46H64N14O13S2/c47-35(62)15-14-29-40(67)58-32(22-36(48)63)43(70)59-33(45(72)60-18-5-9-34(60)44(71)56-28(8-4-17-52-46(50)51)39(66)53-23-37(49)64)24-74-75(73)19-16-38(65)54-30(21-26-10-12-27(61)13-11-26)41(68)57-31(42(69)55-29)20-25-6-2-1-3-7-25/h1-3,6-7,10-13,28-34,61H,4-5,8-9,14-24H2,(H2,47,62)(H2,48,63)(H2,49,64)(H,53,66)(H,54,65)(H,55,69)(H,56,71)(H,57,68)(H,58,67)(H,59,70)(H4,50,51,52). The number of hydrogen-bond acceptors (Lipinski definition) is 15. The average Bonchev–Trinajstić information content (AvgIpc) is 3.86. The molecule has 2 fully saturated rings. The minimum absolute atomic E-state index is 0.0203. The molecule has 8 atom stereocenters. The lowest BCUT2D eigenvalue weighted by atomic mass is 10.0. The van der Waals surface area contributed by atoms with Gasteiger partial charge >= 0.3 is 0 Å². The normalized spacial score (nSPS) is 22.6. The van der Waals surface area contributed by atoms with Crippen LogP contribution in [0.15, 0.2) is 59.6 Å². The van der Waals surface area contributed by atoms with Crippen LogP contribution in [0.25, 0.3) is 0 Å². The molecule has 2 aromatic carbocycles. The number of guanidine groups is 1. The van der Waals surface area contributed by atoms with E-state index in [0.29, 0.717) is 21.9 Å². The second-order valence-corrected chi connectivity index (χ2v) is 20.9. The number of carbonyl (C=O) groups excluding carboxylic acids is 11. The molecule has 4 rings (SSSR count). The topological polar surface area (TPSA) is 455 Å². The quantitative estimate of drug-likeness (QED) is 0.0270. The second kappa shape index (κ2) is 29.8. The third-order valence-corrected chi connectivity index (χ3v) is 14.6. The van der Waals surface area contributed by atoms with Crippen LogP contribution >= 0.6 is 10.8 Å². The van der Waals surface area contributed by atoms with Crippen LogP contribution in [0.4, 0.5) is 0 Å². The van der Waals surface area contributed by atoms with E-state index in [9.17, 15) is 62.1 Å². The Bertz CT molecular complexity index is 2460. The number of nitrogens with two attached hydrogens (primary N) is 5. The zero-order valence-electron chi connectivity index (χ0n) is 40.8. The molecule has 0 spiro atoms. The number of phenolic OH excluding ortho intramolecular Hbond substituents is 1. The van der Waals surface area contributed by atoms with E-state index in [-0.39, 0.29) is 69.1 Å². The molecular weight excluding hydrogens is 1020 g/mol. The fraction of sp³-hybridized carbons (Fsp3) is 0.478. The monoisotopic (exact) mass is 1080 g/mol. The Kier molecular flexibility index (Phi) is 23.7. The van der Waals surface area contributed by atoms with Gasteiger partial charge in [0, 0.05) is 50.3 Å². The summed E-state index contributed by atoms with van der Waals surface area (Å²) in [4.78, 5) is 153. The van der Waals surface area contributed by atoms with E-state index in [1.807, 2.05) is 0 Å². The zero-order chi connectivity index (χ0) is 55.2. The van der Waals surface area contributed by atoms with Crippen molar-refractivity contribution in [3.05, 3.63) is 65.7 Å². The molecule has 408 valence electrons. The Morgan fingerprint density at radius 2 is 1.36 bits per heavy atom. The molecule has 2 aliphatic heterocycles. The SMILES string of the molecule is NC(=O)CCC1NC(=O)C(Cc2ccccc2)NC(=O)C(Cc2ccc(O)cc2)NC(=O)CCS(=O)SCC(C(=O)N2CCCC2C(=O)NC(CCCN=C(N)N)C(=O)NCC(N)=O)NC(=O)C(CC(N)=O)NC1=O. The lowest BCUT2D eigenvalue weighted by Crippen LogP contribution is -2.61. The summed E-state index contributed by atoms with van der Waals surface area (Å²) < 4.78 is 13.6. The maximum atomic E-state index is 14.6. The van der Waals surface area contributed by atoms with Crippen LogP contribution < -0.4 is 65.9 Å². The van der Waals surface area contributed by atoms with Crippen LogP contribution in [0, 0.1) is 0 Å². The van der Waals surface area contributed by atoms with Crippen LogP contribution in [-0.2, 0) is 75.4 Å². The Morgan fingerprint density at radius 1 is 0.760 bits per heavy atom. The van der Waals surface area contributed by atoms with Gasteiger partial charge < -0.3 is 75.9 Å². The number of likely N-dealkylation sites (tertiary alicyclic amines) is 1. The van der Waals surface area contributed by atoms with E-state index < -0.39 is 155 Å². The van der Waals surface area contributed by atoms with E-state index in [1.54, 1.807) is 30.3 Å². The Morgan fingerprint density at radius 3 is 1.99 bits per heavy atom. The van der Waals surface area contributed by atoms with Gasteiger partial charge in [0.15, 0.2) is 5.96 Å². The number of phenols is 1. The Hall–Kier alpha value is -7.82. The minimum Gasteiger partial charge on any atom is -0.508 e. The van der Waals surface area contributed by atoms with E-state index >= 15 is 0 Å². The van der Waals surface area contributed by atoms with Gasteiger partial charge in [0.25, 0.3) is 0 Å². The molecule has 2 aliphatic rings. The number of primary amides is 3. The number of hydrogen-bond donors (Lipinski definition) is 13. The maximum Gasteiger partial charge on any atom is 0.246 e. The predicted octanol–water partition coefficient (Wildman–Crippen LogP) is -5.33. The highest BCUT2D eigenvalue weighted by atomic mass is 33.1. The molecule has 0 radical (unpaired) electrons. The Labute approximate surface area is 437 Å². The average molecular weight is 1090 g/mol. The molecule has 8 unspecified atom stereocenters. The number of aliphatic imine (C=N–C) groups is 1. The number of amides is 11. The molecule has 0 aromatic heterocycles. The molecule has 27 nitrogen and oxygen atoms in total. The number of carbonyl (C=O) groups is 11. The fourth-order valence-electron chi connectivity index (χ4n) is 7.85. The molecule has 11 amide bonds. The van der Waals surface area contributed by atoms with Crippen molar-refractivity contribution >= 4 is 91.6 Å². The fourth-order valence-corrected chi connectivity index (χ4v) is 10.3. The second-order valence-electron chi connectivity index (χ2n) is 17.5. The summed E-state index contributed by atoms with van der Waals surface area (Å²) in [7, 11) is -1.34. The van der Waals surface area contributed by atoms with Crippen molar-refractivity contribution in [2.45, 2.75) is 107 Å². The summed E-state index contributed by atoms with van der Waals surface area (Å²) >= 11 is 0. The van der Waals surface area contributed by atoms with E-state index in [1.165, 1.54) is 24.3 Å². The Balaban J connectivity index is 1.71.